The standard InChI is InChI=1S/C13H17BrO.C13H18O/c1-7-6-8(2)10(4)12(9(7)3)13(15)11(5)14;1-6-12(14)13-10(4)8(2)7-9(3)11(13)5/h6,11H,1-5H3;7H,6H2,1-5H3. The Kier molecular flexibility index (Phi) is 9.02. The van der Waals surface area contributed by atoms with E-state index in [0.29, 0.717) is 6.42 Å². The molecular formula is C26H35BrO2. The van der Waals surface area contributed by atoms with E-state index in [1.54, 1.807) is 0 Å². The summed E-state index contributed by atoms with van der Waals surface area (Å²) in [6.07, 6.45) is 0.588. The van der Waals surface area contributed by atoms with Crippen LogP contribution in [0.3, 0.4) is 0 Å². The number of alkyl halides is 1. The summed E-state index contributed by atoms with van der Waals surface area (Å²) in [4.78, 5) is 23.7. The van der Waals surface area contributed by atoms with Crippen LogP contribution < -0.4 is 0 Å². The zero-order valence-electron chi connectivity index (χ0n) is 19.6. The second kappa shape index (κ2) is 10.3. The van der Waals surface area contributed by atoms with E-state index in [1.165, 1.54) is 22.3 Å². The van der Waals surface area contributed by atoms with Gasteiger partial charge in [0.25, 0.3) is 0 Å². The van der Waals surface area contributed by atoms with Crippen molar-refractivity contribution >= 4 is 27.5 Å². The number of hydrogen-bond acceptors (Lipinski definition) is 2. The molecule has 0 aliphatic rings. The zero-order chi connectivity index (χ0) is 22.6. The lowest BCUT2D eigenvalue weighted by Gasteiger charge is -2.15. The van der Waals surface area contributed by atoms with Crippen molar-refractivity contribution in [1.29, 1.82) is 0 Å². The first-order valence-electron chi connectivity index (χ1n) is 10.2. The highest BCUT2D eigenvalue weighted by Crippen LogP contribution is 2.24. The second-order valence-corrected chi connectivity index (χ2v) is 9.40. The first kappa shape index (κ1) is 25.3. The van der Waals surface area contributed by atoms with E-state index < -0.39 is 0 Å². The third-order valence-electron chi connectivity index (χ3n) is 5.94. The van der Waals surface area contributed by atoms with Crippen molar-refractivity contribution in [3.8, 4) is 0 Å². The molecule has 158 valence electrons. The van der Waals surface area contributed by atoms with Crippen molar-refractivity contribution in [3.05, 3.63) is 67.8 Å². The van der Waals surface area contributed by atoms with Crippen LogP contribution in [0.25, 0.3) is 0 Å². The second-order valence-electron chi connectivity index (χ2n) is 8.03. The maximum absolute atomic E-state index is 12.0. The quantitative estimate of drug-likeness (QED) is 0.353. The minimum absolute atomic E-state index is 0.115. The zero-order valence-corrected chi connectivity index (χ0v) is 21.2. The minimum Gasteiger partial charge on any atom is -0.294 e. The Bertz CT molecular complexity index is 884. The Hall–Kier alpha value is -1.74. The van der Waals surface area contributed by atoms with Gasteiger partial charge in [0.1, 0.15) is 0 Å². The summed E-state index contributed by atoms with van der Waals surface area (Å²) in [5, 5.41) is 0. The van der Waals surface area contributed by atoms with E-state index in [9.17, 15) is 9.59 Å². The van der Waals surface area contributed by atoms with Gasteiger partial charge in [-0.3, -0.25) is 9.59 Å². The van der Waals surface area contributed by atoms with Crippen molar-refractivity contribution in [2.24, 2.45) is 0 Å². The van der Waals surface area contributed by atoms with Gasteiger partial charge in [0.2, 0.25) is 0 Å². The fourth-order valence-corrected chi connectivity index (χ4v) is 3.83. The summed E-state index contributed by atoms with van der Waals surface area (Å²) in [6, 6.07) is 4.29. The van der Waals surface area contributed by atoms with E-state index in [0.717, 1.165) is 33.4 Å². The van der Waals surface area contributed by atoms with Crippen molar-refractivity contribution in [2.75, 3.05) is 0 Å². The summed E-state index contributed by atoms with van der Waals surface area (Å²) in [7, 11) is 0. The molecule has 0 aromatic heterocycles. The SMILES string of the molecule is CCC(=O)c1c(C)c(C)cc(C)c1C.Cc1cc(C)c(C)c(C(=O)C(C)Br)c1C. The number of Topliss-reactive ketones (excluding diaryl/α,β-unsaturated/α-hetero) is 2. The van der Waals surface area contributed by atoms with Gasteiger partial charge in [-0.2, -0.15) is 0 Å². The van der Waals surface area contributed by atoms with Gasteiger partial charge >= 0.3 is 0 Å². The fraction of sp³-hybridized carbons (Fsp3) is 0.462. The van der Waals surface area contributed by atoms with Crippen LogP contribution in [0.4, 0.5) is 0 Å². The van der Waals surface area contributed by atoms with E-state index >= 15 is 0 Å². The van der Waals surface area contributed by atoms with E-state index in [1.807, 2.05) is 41.5 Å². The Morgan fingerprint density at radius 2 is 1.03 bits per heavy atom. The number of rotatable bonds is 4. The fourth-order valence-electron chi connectivity index (χ4n) is 3.60. The predicted molar refractivity (Wildman–Crippen MR) is 128 cm³/mol. The number of carbonyl (C=O) groups excluding carboxylic acids is 2. The van der Waals surface area contributed by atoms with Crippen LogP contribution in [0.2, 0.25) is 0 Å². The molecule has 0 radical (unpaired) electrons. The molecule has 0 saturated carbocycles. The monoisotopic (exact) mass is 458 g/mol. The van der Waals surface area contributed by atoms with Crippen LogP contribution in [0.1, 0.15) is 85.5 Å². The summed E-state index contributed by atoms with van der Waals surface area (Å²) >= 11 is 3.34. The van der Waals surface area contributed by atoms with Gasteiger partial charge in [-0.25, -0.2) is 0 Å². The van der Waals surface area contributed by atoms with Gasteiger partial charge in [0.15, 0.2) is 11.6 Å². The van der Waals surface area contributed by atoms with Crippen LogP contribution >= 0.6 is 15.9 Å². The molecule has 1 atom stereocenters. The molecular weight excluding hydrogens is 424 g/mol. The van der Waals surface area contributed by atoms with Gasteiger partial charge in [-0.05, 0) is 107 Å². The van der Waals surface area contributed by atoms with E-state index in [2.05, 4.69) is 55.8 Å². The highest BCUT2D eigenvalue weighted by molar-refractivity contribution is 9.10. The third kappa shape index (κ3) is 5.66. The lowest BCUT2D eigenvalue weighted by Crippen LogP contribution is -2.15. The molecule has 0 heterocycles. The van der Waals surface area contributed by atoms with Crippen molar-refractivity contribution in [1.82, 2.24) is 0 Å². The molecule has 2 nitrogen and oxygen atoms in total. The summed E-state index contributed by atoms with van der Waals surface area (Å²) in [5.74, 6) is 0.434. The molecule has 0 saturated heterocycles. The summed E-state index contributed by atoms with van der Waals surface area (Å²) in [5.41, 5.74) is 11.1. The number of aryl methyl sites for hydroxylation is 4. The number of ketones is 2. The highest BCUT2D eigenvalue weighted by Gasteiger charge is 2.19. The predicted octanol–water partition coefficient (Wildman–Crippen LogP) is 7.40. The molecule has 2 aromatic rings. The molecule has 0 aliphatic carbocycles. The maximum atomic E-state index is 12.0. The molecule has 0 amide bonds. The first-order valence-corrected chi connectivity index (χ1v) is 11.1. The number of hydrogen-bond donors (Lipinski definition) is 0. The smallest absolute Gasteiger partial charge is 0.176 e. The summed E-state index contributed by atoms with van der Waals surface area (Å²) < 4.78 is 0. The lowest BCUT2D eigenvalue weighted by atomic mass is 9.91. The van der Waals surface area contributed by atoms with Crippen LogP contribution in [-0.2, 0) is 0 Å². The summed E-state index contributed by atoms with van der Waals surface area (Å²) in [6.45, 7) is 20.1. The molecule has 0 bridgehead atoms. The van der Waals surface area contributed by atoms with Gasteiger partial charge in [0, 0.05) is 17.5 Å². The molecule has 1 unspecified atom stereocenters. The third-order valence-corrected chi connectivity index (χ3v) is 6.36. The number of halogens is 1. The normalized spacial score (nSPS) is 11.6. The Morgan fingerprint density at radius 1 is 0.724 bits per heavy atom. The molecule has 2 rings (SSSR count). The topological polar surface area (TPSA) is 34.1 Å². The van der Waals surface area contributed by atoms with Crippen LogP contribution in [0.15, 0.2) is 12.1 Å². The van der Waals surface area contributed by atoms with E-state index in [4.69, 9.17) is 0 Å². The molecule has 3 heteroatoms. The lowest BCUT2D eigenvalue weighted by molar-refractivity contribution is 0.0982. The molecule has 0 spiro atoms. The van der Waals surface area contributed by atoms with Crippen molar-refractivity contribution < 1.29 is 9.59 Å². The van der Waals surface area contributed by atoms with Gasteiger partial charge in [-0.1, -0.05) is 35.0 Å². The average molecular weight is 459 g/mol. The van der Waals surface area contributed by atoms with Crippen molar-refractivity contribution in [3.63, 3.8) is 0 Å². The van der Waals surface area contributed by atoms with Gasteiger partial charge in [-0.15, -0.1) is 0 Å². The number of benzene rings is 2. The molecule has 0 aliphatic heterocycles. The van der Waals surface area contributed by atoms with Crippen LogP contribution in [0.5, 0.6) is 0 Å². The highest BCUT2D eigenvalue weighted by atomic mass is 79.9. The molecule has 2 aromatic carbocycles. The van der Waals surface area contributed by atoms with Crippen molar-refractivity contribution in [2.45, 2.75) is 80.5 Å². The minimum atomic E-state index is -0.115. The number of carbonyl (C=O) groups is 2. The Morgan fingerprint density at radius 3 is 1.31 bits per heavy atom. The Balaban J connectivity index is 0.000000291. The first-order chi connectivity index (χ1) is 13.3. The van der Waals surface area contributed by atoms with E-state index in [-0.39, 0.29) is 16.4 Å². The van der Waals surface area contributed by atoms with Crippen LogP contribution in [0, 0.1) is 55.4 Å². The molecule has 29 heavy (non-hydrogen) atoms. The van der Waals surface area contributed by atoms with Crippen LogP contribution in [-0.4, -0.2) is 16.4 Å². The average Bonchev–Trinajstić information content (AvgIpc) is 2.65. The Labute approximate surface area is 185 Å². The molecule has 0 fully saturated rings. The van der Waals surface area contributed by atoms with Gasteiger partial charge in [0.05, 0.1) is 4.83 Å². The maximum Gasteiger partial charge on any atom is 0.176 e. The largest absolute Gasteiger partial charge is 0.294 e. The molecule has 0 N–H and O–H groups in total. The van der Waals surface area contributed by atoms with Gasteiger partial charge < -0.3 is 0 Å².